The minimum Gasteiger partial charge on any atom is -0.344 e. The molecule has 1 aliphatic carbocycles. The highest BCUT2D eigenvalue weighted by Gasteiger charge is 2.27. The Hall–Kier alpha value is -2.31. The Balaban J connectivity index is 1.65. The van der Waals surface area contributed by atoms with Crippen molar-refractivity contribution in [3.63, 3.8) is 0 Å². The first kappa shape index (κ1) is 24.3. The Morgan fingerprint density at radius 1 is 0.969 bits per heavy atom. The van der Waals surface area contributed by atoms with E-state index in [4.69, 9.17) is 0 Å². The molecule has 2 aromatic rings. The van der Waals surface area contributed by atoms with Crippen LogP contribution in [0, 0.1) is 5.92 Å². The van der Waals surface area contributed by atoms with Crippen molar-refractivity contribution < 1.29 is 9.59 Å². The highest BCUT2D eigenvalue weighted by atomic mass is 32.2. The van der Waals surface area contributed by atoms with Gasteiger partial charge in [-0.2, -0.15) is 0 Å². The zero-order chi connectivity index (χ0) is 23.0. The topological polar surface area (TPSA) is 70.2 Å². The monoisotopic (exact) mass is 453 g/mol. The van der Waals surface area contributed by atoms with Crippen molar-refractivity contribution in [1.82, 2.24) is 10.0 Å². The summed E-state index contributed by atoms with van der Waals surface area (Å²) in [6.07, 6.45) is 5.65. The smallest absolute Gasteiger partial charge is 0.247 e. The average Bonchev–Trinajstić information content (AvgIpc) is 2.79. The standard InChI is InChI=1S/C26H35N3O2S/c1-26(2,3)29-32-22-16-14-21(15-17-22)27-25(31)23(18-19-10-6-4-7-11-19)28-24(30)20-12-8-5-9-13-20/h4,6-7,10-11,14-17,20,23,29H,5,8-9,12-13,18H2,1-3H3,(H,27,31)(H,28,30)/t23-/m1/s1. The Morgan fingerprint density at radius 3 is 2.25 bits per heavy atom. The highest BCUT2D eigenvalue weighted by molar-refractivity contribution is 7.97. The zero-order valence-corrected chi connectivity index (χ0v) is 20.1. The molecule has 2 aromatic carbocycles. The van der Waals surface area contributed by atoms with Crippen LogP contribution in [0.1, 0.15) is 58.4 Å². The van der Waals surface area contributed by atoms with Gasteiger partial charge in [-0.3, -0.25) is 14.3 Å². The molecule has 0 radical (unpaired) electrons. The second-order valence-electron chi connectivity index (χ2n) is 9.55. The molecule has 0 aliphatic heterocycles. The molecule has 3 N–H and O–H groups in total. The summed E-state index contributed by atoms with van der Waals surface area (Å²) in [5.74, 6) is -0.173. The molecule has 2 amide bonds. The van der Waals surface area contributed by atoms with Crippen LogP contribution in [0.25, 0.3) is 0 Å². The molecule has 5 nitrogen and oxygen atoms in total. The van der Waals surface area contributed by atoms with Gasteiger partial charge >= 0.3 is 0 Å². The minimum atomic E-state index is -0.608. The number of amides is 2. The number of rotatable bonds is 8. The summed E-state index contributed by atoms with van der Waals surface area (Å²) in [4.78, 5) is 27.1. The molecule has 32 heavy (non-hydrogen) atoms. The molecule has 0 aromatic heterocycles. The van der Waals surface area contributed by atoms with E-state index in [2.05, 4.69) is 36.1 Å². The van der Waals surface area contributed by atoms with Crippen molar-refractivity contribution in [1.29, 1.82) is 0 Å². The summed E-state index contributed by atoms with van der Waals surface area (Å²) < 4.78 is 3.38. The predicted octanol–water partition coefficient (Wildman–Crippen LogP) is 5.33. The minimum absolute atomic E-state index is 0.000726. The van der Waals surface area contributed by atoms with Gasteiger partial charge in [-0.25, -0.2) is 0 Å². The molecular formula is C26H35N3O2S. The van der Waals surface area contributed by atoms with Crippen LogP contribution in [0.3, 0.4) is 0 Å². The molecule has 1 aliphatic rings. The molecule has 0 saturated heterocycles. The van der Waals surface area contributed by atoms with Crippen LogP contribution in [0.5, 0.6) is 0 Å². The summed E-state index contributed by atoms with van der Waals surface area (Å²) in [7, 11) is 0. The van der Waals surface area contributed by atoms with Crippen molar-refractivity contribution in [3.05, 3.63) is 60.2 Å². The van der Waals surface area contributed by atoms with Gasteiger partial charge in [0.05, 0.1) is 0 Å². The third kappa shape index (κ3) is 7.99. The van der Waals surface area contributed by atoms with E-state index in [1.807, 2.05) is 54.6 Å². The SMILES string of the molecule is CC(C)(C)NSc1ccc(NC(=O)[C@@H](Cc2ccccc2)NC(=O)C2CCCCC2)cc1. The largest absolute Gasteiger partial charge is 0.344 e. The highest BCUT2D eigenvalue weighted by Crippen LogP contribution is 2.24. The summed E-state index contributed by atoms with van der Waals surface area (Å²) in [5, 5.41) is 6.03. The molecule has 0 bridgehead atoms. The second-order valence-corrected chi connectivity index (χ2v) is 10.4. The van der Waals surface area contributed by atoms with Crippen LogP contribution in [0.2, 0.25) is 0 Å². The number of carbonyl (C=O) groups excluding carboxylic acids is 2. The maximum absolute atomic E-state index is 13.1. The van der Waals surface area contributed by atoms with E-state index >= 15 is 0 Å². The van der Waals surface area contributed by atoms with Crippen LogP contribution >= 0.6 is 11.9 Å². The molecule has 1 atom stereocenters. The molecule has 0 heterocycles. The van der Waals surface area contributed by atoms with Gasteiger partial charge < -0.3 is 10.6 Å². The number of hydrogen-bond acceptors (Lipinski definition) is 4. The second kappa shape index (κ2) is 11.5. The lowest BCUT2D eigenvalue weighted by Crippen LogP contribution is -2.47. The van der Waals surface area contributed by atoms with Crippen molar-refractivity contribution in [2.45, 2.75) is 75.8 Å². The molecule has 172 valence electrons. The Labute approximate surface area is 196 Å². The van der Waals surface area contributed by atoms with Crippen molar-refractivity contribution in [2.75, 3.05) is 5.32 Å². The zero-order valence-electron chi connectivity index (χ0n) is 19.3. The molecule has 1 fully saturated rings. The molecular weight excluding hydrogens is 418 g/mol. The van der Waals surface area contributed by atoms with Gasteiger partial charge in [0.1, 0.15) is 6.04 Å². The lowest BCUT2D eigenvalue weighted by atomic mass is 9.88. The molecule has 0 spiro atoms. The first-order chi connectivity index (χ1) is 15.3. The van der Waals surface area contributed by atoms with E-state index in [1.165, 1.54) is 6.42 Å². The van der Waals surface area contributed by atoms with E-state index in [0.717, 1.165) is 41.8 Å². The number of hydrogen-bond donors (Lipinski definition) is 3. The fourth-order valence-corrected chi connectivity index (χ4v) is 4.46. The molecule has 3 rings (SSSR count). The van der Waals surface area contributed by atoms with Crippen LogP contribution < -0.4 is 15.4 Å². The van der Waals surface area contributed by atoms with Crippen molar-refractivity contribution in [2.24, 2.45) is 5.92 Å². The van der Waals surface area contributed by atoms with Crippen LogP contribution in [0.4, 0.5) is 5.69 Å². The summed E-state index contributed by atoms with van der Waals surface area (Å²) in [6, 6.07) is 17.0. The van der Waals surface area contributed by atoms with E-state index in [0.29, 0.717) is 6.42 Å². The lowest BCUT2D eigenvalue weighted by Gasteiger charge is -2.25. The third-order valence-corrected chi connectivity index (χ3v) is 6.71. The summed E-state index contributed by atoms with van der Waals surface area (Å²) in [5.41, 5.74) is 1.76. The maximum atomic E-state index is 13.1. The van der Waals surface area contributed by atoms with Gasteiger partial charge in [-0.05, 0) is 75.4 Å². The van der Waals surface area contributed by atoms with E-state index < -0.39 is 6.04 Å². The van der Waals surface area contributed by atoms with Gasteiger partial charge in [0.2, 0.25) is 11.8 Å². The Bertz CT molecular complexity index is 872. The molecule has 0 unspecified atom stereocenters. The van der Waals surface area contributed by atoms with E-state index in [9.17, 15) is 9.59 Å². The number of carbonyl (C=O) groups is 2. The van der Waals surface area contributed by atoms with Crippen molar-refractivity contribution >= 4 is 29.4 Å². The fraction of sp³-hybridized carbons (Fsp3) is 0.462. The fourth-order valence-electron chi connectivity index (χ4n) is 3.76. The normalized spacial score (nSPS) is 15.7. The van der Waals surface area contributed by atoms with Gasteiger partial charge in [-0.1, -0.05) is 49.6 Å². The van der Waals surface area contributed by atoms with Crippen LogP contribution in [-0.2, 0) is 16.0 Å². The van der Waals surface area contributed by atoms with E-state index in [1.54, 1.807) is 11.9 Å². The first-order valence-electron chi connectivity index (χ1n) is 11.5. The predicted molar refractivity (Wildman–Crippen MR) is 132 cm³/mol. The van der Waals surface area contributed by atoms with Gasteiger partial charge in [0.25, 0.3) is 0 Å². The number of anilines is 1. The third-order valence-electron chi connectivity index (χ3n) is 5.49. The molecule has 1 saturated carbocycles. The maximum Gasteiger partial charge on any atom is 0.247 e. The first-order valence-corrected chi connectivity index (χ1v) is 12.3. The summed E-state index contributed by atoms with van der Waals surface area (Å²) in [6.45, 7) is 6.34. The average molecular weight is 454 g/mol. The Kier molecular flexibility index (Phi) is 8.76. The van der Waals surface area contributed by atoms with Gasteiger partial charge in [0.15, 0.2) is 0 Å². The van der Waals surface area contributed by atoms with Gasteiger partial charge in [0, 0.05) is 28.5 Å². The number of benzene rings is 2. The number of nitrogens with one attached hydrogen (secondary N) is 3. The van der Waals surface area contributed by atoms with Crippen LogP contribution in [-0.4, -0.2) is 23.4 Å². The quantitative estimate of drug-likeness (QED) is 0.473. The molecule has 6 heteroatoms. The van der Waals surface area contributed by atoms with E-state index in [-0.39, 0.29) is 23.3 Å². The summed E-state index contributed by atoms with van der Waals surface area (Å²) >= 11 is 1.57. The van der Waals surface area contributed by atoms with Crippen molar-refractivity contribution in [3.8, 4) is 0 Å². The Morgan fingerprint density at radius 2 is 1.62 bits per heavy atom. The van der Waals surface area contributed by atoms with Gasteiger partial charge in [-0.15, -0.1) is 0 Å². The lowest BCUT2D eigenvalue weighted by molar-refractivity contribution is -0.130. The van der Waals surface area contributed by atoms with Crippen LogP contribution in [0.15, 0.2) is 59.5 Å².